The molecule has 1 aliphatic rings. The summed E-state index contributed by atoms with van der Waals surface area (Å²) in [6.45, 7) is 1.58. The van der Waals surface area contributed by atoms with Gasteiger partial charge in [0.1, 0.15) is 5.69 Å². The van der Waals surface area contributed by atoms with Gasteiger partial charge >= 0.3 is 0 Å². The molecular formula is C20H20N4O. The molecule has 4 rings (SSSR count). The van der Waals surface area contributed by atoms with Crippen molar-refractivity contribution in [2.45, 2.75) is 19.3 Å². The summed E-state index contributed by atoms with van der Waals surface area (Å²) in [6, 6.07) is 10.5. The van der Waals surface area contributed by atoms with Crippen molar-refractivity contribution in [3.63, 3.8) is 0 Å². The van der Waals surface area contributed by atoms with Crippen LogP contribution in [0.2, 0.25) is 0 Å². The third-order valence-corrected chi connectivity index (χ3v) is 4.78. The van der Waals surface area contributed by atoms with Crippen LogP contribution < -0.4 is 0 Å². The Morgan fingerprint density at radius 1 is 1.16 bits per heavy atom. The summed E-state index contributed by atoms with van der Waals surface area (Å²) in [7, 11) is 0. The minimum Gasteiger partial charge on any atom is -0.337 e. The minimum atomic E-state index is -0.0134. The quantitative estimate of drug-likeness (QED) is 0.739. The van der Waals surface area contributed by atoms with Crippen molar-refractivity contribution < 1.29 is 4.79 Å². The van der Waals surface area contributed by atoms with Crippen molar-refractivity contribution in [1.29, 1.82) is 0 Å². The predicted octanol–water partition coefficient (Wildman–Crippen LogP) is 3.12. The van der Waals surface area contributed by atoms with Gasteiger partial charge < -0.3 is 4.90 Å². The van der Waals surface area contributed by atoms with Gasteiger partial charge in [0.25, 0.3) is 5.91 Å². The van der Waals surface area contributed by atoms with Crippen molar-refractivity contribution >= 4 is 16.8 Å². The molecule has 3 aromatic rings. The molecule has 126 valence electrons. The van der Waals surface area contributed by atoms with E-state index in [2.05, 4.69) is 39.2 Å². The van der Waals surface area contributed by atoms with Crippen LogP contribution in [0.3, 0.4) is 0 Å². The highest BCUT2D eigenvalue weighted by molar-refractivity contribution is 5.92. The van der Waals surface area contributed by atoms with E-state index in [1.807, 2.05) is 17.2 Å². The summed E-state index contributed by atoms with van der Waals surface area (Å²) in [6.07, 6.45) is 9.68. The number of amides is 1. The fourth-order valence-corrected chi connectivity index (χ4v) is 3.57. The molecular weight excluding hydrogens is 312 g/mol. The first-order valence-corrected chi connectivity index (χ1v) is 8.68. The van der Waals surface area contributed by atoms with Gasteiger partial charge in [-0.1, -0.05) is 12.1 Å². The highest BCUT2D eigenvalue weighted by Crippen LogP contribution is 2.23. The second-order valence-corrected chi connectivity index (χ2v) is 6.58. The van der Waals surface area contributed by atoms with Crippen molar-refractivity contribution in [3.05, 3.63) is 66.4 Å². The number of likely N-dealkylation sites (tertiary alicyclic amines) is 1. The Kier molecular flexibility index (Phi) is 4.37. The van der Waals surface area contributed by atoms with E-state index >= 15 is 0 Å². The van der Waals surface area contributed by atoms with Crippen molar-refractivity contribution in [2.75, 3.05) is 13.1 Å². The molecule has 1 amide bonds. The van der Waals surface area contributed by atoms with Crippen LogP contribution in [-0.2, 0) is 6.42 Å². The van der Waals surface area contributed by atoms with E-state index < -0.39 is 0 Å². The lowest BCUT2D eigenvalue weighted by Crippen LogP contribution is -2.40. The summed E-state index contributed by atoms with van der Waals surface area (Å²) in [5, 5.41) is 1.17. The van der Waals surface area contributed by atoms with Gasteiger partial charge in [-0.15, -0.1) is 0 Å². The van der Waals surface area contributed by atoms with Gasteiger partial charge in [0.15, 0.2) is 0 Å². The molecule has 2 aromatic heterocycles. The van der Waals surface area contributed by atoms with Gasteiger partial charge in [-0.25, -0.2) is 4.98 Å². The van der Waals surface area contributed by atoms with Crippen LogP contribution in [0.5, 0.6) is 0 Å². The summed E-state index contributed by atoms with van der Waals surface area (Å²) in [4.78, 5) is 27.0. The average Bonchev–Trinajstić information content (AvgIpc) is 2.68. The van der Waals surface area contributed by atoms with E-state index in [1.165, 1.54) is 10.9 Å². The number of aromatic nitrogens is 3. The summed E-state index contributed by atoms with van der Waals surface area (Å²) in [5.74, 6) is 0.462. The maximum Gasteiger partial charge on any atom is 0.274 e. The molecule has 0 bridgehead atoms. The van der Waals surface area contributed by atoms with Crippen LogP contribution in [0.15, 0.2) is 55.1 Å². The first-order chi connectivity index (χ1) is 12.3. The maximum atomic E-state index is 12.6. The summed E-state index contributed by atoms with van der Waals surface area (Å²) < 4.78 is 0. The zero-order valence-electron chi connectivity index (χ0n) is 14.0. The Labute approximate surface area is 146 Å². The van der Waals surface area contributed by atoms with E-state index in [1.54, 1.807) is 18.6 Å². The zero-order chi connectivity index (χ0) is 17.1. The number of carbonyl (C=O) groups is 1. The molecule has 5 nitrogen and oxygen atoms in total. The smallest absolute Gasteiger partial charge is 0.274 e. The third-order valence-electron chi connectivity index (χ3n) is 4.78. The predicted molar refractivity (Wildman–Crippen MR) is 96.1 cm³/mol. The fourth-order valence-electron chi connectivity index (χ4n) is 3.57. The van der Waals surface area contributed by atoms with Gasteiger partial charge in [-0.2, -0.15) is 0 Å². The molecule has 0 saturated carbocycles. The van der Waals surface area contributed by atoms with Crippen LogP contribution in [0.25, 0.3) is 10.9 Å². The van der Waals surface area contributed by atoms with E-state index in [4.69, 9.17) is 0 Å². The Balaban J connectivity index is 1.46. The first kappa shape index (κ1) is 15.7. The first-order valence-electron chi connectivity index (χ1n) is 8.68. The lowest BCUT2D eigenvalue weighted by atomic mass is 9.90. The van der Waals surface area contributed by atoms with Gasteiger partial charge in [-0.05, 0) is 48.9 Å². The average molecular weight is 332 g/mol. The standard InChI is InChI=1S/C20H20N4O/c25-20(19-13-21-8-9-23-19)24-10-2-3-16(14-24)11-15-5-6-18-17(12-15)4-1-7-22-18/h1,4-9,12-13,16H,2-3,10-11,14H2. The topological polar surface area (TPSA) is 59.0 Å². The molecule has 0 N–H and O–H groups in total. The molecule has 1 aromatic carbocycles. The Bertz CT molecular complexity index is 881. The van der Waals surface area contributed by atoms with E-state index in [0.717, 1.165) is 37.9 Å². The number of piperidine rings is 1. The van der Waals surface area contributed by atoms with Gasteiger partial charge in [0.2, 0.25) is 0 Å². The molecule has 25 heavy (non-hydrogen) atoms. The number of rotatable bonds is 3. The van der Waals surface area contributed by atoms with E-state index in [0.29, 0.717) is 11.6 Å². The Hall–Kier alpha value is -2.82. The molecule has 0 aliphatic carbocycles. The largest absolute Gasteiger partial charge is 0.337 e. The van der Waals surface area contributed by atoms with Gasteiger partial charge in [0.05, 0.1) is 11.7 Å². The normalized spacial score (nSPS) is 17.6. The second-order valence-electron chi connectivity index (χ2n) is 6.58. The SMILES string of the molecule is O=C(c1cnccn1)N1CCCC(Cc2ccc3ncccc3c2)C1. The molecule has 0 radical (unpaired) electrons. The Morgan fingerprint density at radius 2 is 2.12 bits per heavy atom. The number of pyridine rings is 1. The molecule has 1 aliphatic heterocycles. The molecule has 5 heteroatoms. The van der Waals surface area contributed by atoms with E-state index in [-0.39, 0.29) is 5.91 Å². The van der Waals surface area contributed by atoms with Gasteiger partial charge in [-0.3, -0.25) is 14.8 Å². The van der Waals surface area contributed by atoms with Crippen LogP contribution in [0.4, 0.5) is 0 Å². The minimum absolute atomic E-state index is 0.0134. The molecule has 0 spiro atoms. The molecule has 1 unspecified atom stereocenters. The second kappa shape index (κ2) is 6.97. The number of hydrogen-bond donors (Lipinski definition) is 0. The lowest BCUT2D eigenvalue weighted by molar-refractivity contribution is 0.0667. The third kappa shape index (κ3) is 3.50. The molecule has 1 atom stereocenters. The summed E-state index contributed by atoms with van der Waals surface area (Å²) in [5.41, 5.74) is 2.76. The van der Waals surface area contributed by atoms with Crippen LogP contribution in [0, 0.1) is 5.92 Å². The highest BCUT2D eigenvalue weighted by Gasteiger charge is 2.25. The number of carbonyl (C=O) groups excluding carboxylic acids is 1. The van der Waals surface area contributed by atoms with Crippen molar-refractivity contribution in [1.82, 2.24) is 19.9 Å². The zero-order valence-corrected chi connectivity index (χ0v) is 14.0. The van der Waals surface area contributed by atoms with Crippen LogP contribution in [-0.4, -0.2) is 38.8 Å². The van der Waals surface area contributed by atoms with E-state index in [9.17, 15) is 4.79 Å². The lowest BCUT2D eigenvalue weighted by Gasteiger charge is -2.32. The van der Waals surface area contributed by atoms with Gasteiger partial charge in [0, 0.05) is 37.1 Å². The maximum absolute atomic E-state index is 12.6. The highest BCUT2D eigenvalue weighted by atomic mass is 16.2. The molecule has 1 fully saturated rings. The fraction of sp³-hybridized carbons (Fsp3) is 0.300. The molecule has 3 heterocycles. The monoisotopic (exact) mass is 332 g/mol. The number of nitrogens with zero attached hydrogens (tertiary/aromatic N) is 4. The Morgan fingerprint density at radius 3 is 3.00 bits per heavy atom. The number of hydrogen-bond acceptors (Lipinski definition) is 4. The van der Waals surface area contributed by atoms with Crippen LogP contribution in [0.1, 0.15) is 28.9 Å². The molecule has 1 saturated heterocycles. The summed E-state index contributed by atoms with van der Waals surface area (Å²) >= 11 is 0. The van der Waals surface area contributed by atoms with Crippen molar-refractivity contribution in [2.24, 2.45) is 5.92 Å². The number of benzene rings is 1. The van der Waals surface area contributed by atoms with Crippen LogP contribution >= 0.6 is 0 Å². The van der Waals surface area contributed by atoms with Crippen molar-refractivity contribution in [3.8, 4) is 0 Å². The number of fused-ring (bicyclic) bond motifs is 1.